The minimum absolute atomic E-state index is 0.292. The Labute approximate surface area is 156 Å². The van der Waals surface area contributed by atoms with Crippen LogP contribution in [0.5, 0.6) is 0 Å². The molecule has 2 aromatic rings. The first-order valence-corrected chi connectivity index (χ1v) is 10.1. The van der Waals surface area contributed by atoms with E-state index in [1.54, 1.807) is 6.26 Å². The van der Waals surface area contributed by atoms with Gasteiger partial charge in [-0.25, -0.2) is 0 Å². The van der Waals surface area contributed by atoms with Crippen LogP contribution in [0.15, 0.2) is 47.1 Å². The Morgan fingerprint density at radius 3 is 2.36 bits per heavy atom. The molecule has 1 fully saturated rings. The third kappa shape index (κ3) is 5.82. The topological polar surface area (TPSA) is 37.2 Å². The molecule has 0 saturated heterocycles. The van der Waals surface area contributed by atoms with Crippen molar-refractivity contribution < 1.29 is 4.42 Å². The van der Waals surface area contributed by atoms with Crippen molar-refractivity contribution in [2.75, 3.05) is 11.9 Å². The zero-order valence-corrected chi connectivity index (χ0v) is 16.4. The Bertz CT molecular complexity index is 623. The molecule has 1 aromatic heterocycles. The van der Waals surface area contributed by atoms with Crippen molar-refractivity contribution in [1.29, 1.82) is 0 Å². The first-order valence-electron chi connectivity index (χ1n) is 9.31. The summed E-state index contributed by atoms with van der Waals surface area (Å²) in [4.78, 5) is 0. The van der Waals surface area contributed by atoms with Crippen molar-refractivity contribution >= 4 is 17.6 Å². The van der Waals surface area contributed by atoms with Gasteiger partial charge >= 0.3 is 0 Å². The molecular weight excluding hydrogens is 328 g/mol. The summed E-state index contributed by atoms with van der Waals surface area (Å²) < 4.78 is 9.39. The quantitative estimate of drug-likeness (QED) is 0.625. The molecule has 3 nitrogen and oxygen atoms in total. The van der Waals surface area contributed by atoms with E-state index >= 15 is 0 Å². The highest BCUT2D eigenvalue weighted by Crippen LogP contribution is 2.29. The second-order valence-electron chi connectivity index (χ2n) is 7.99. The number of furan rings is 1. The molecule has 2 N–H and O–H groups in total. The van der Waals surface area contributed by atoms with Crippen LogP contribution >= 0.6 is 11.9 Å². The molecule has 0 radical (unpaired) electrons. The standard InChI is InChI=1S/C21H30N2OS/c1-21(2,3)25-23-19-10-6-16(7-11-19)15-22-18-12-8-17(9-13-18)20-5-4-14-24-20/h4-5,8-9,12-14,16,19,22-23H,6-7,10-11,15H2,1-3H3/t16-,19-. The van der Waals surface area contributed by atoms with Crippen LogP contribution in [0.1, 0.15) is 46.5 Å². The third-order valence-electron chi connectivity index (χ3n) is 4.66. The fourth-order valence-corrected chi connectivity index (χ4v) is 3.96. The van der Waals surface area contributed by atoms with E-state index in [1.165, 1.54) is 31.4 Å². The summed E-state index contributed by atoms with van der Waals surface area (Å²) in [5.74, 6) is 1.70. The summed E-state index contributed by atoms with van der Waals surface area (Å²) in [6, 6.07) is 13.1. The lowest BCUT2D eigenvalue weighted by Crippen LogP contribution is -2.33. The van der Waals surface area contributed by atoms with E-state index in [9.17, 15) is 0 Å². The van der Waals surface area contributed by atoms with E-state index in [2.05, 4.69) is 55.1 Å². The lowest BCUT2D eigenvalue weighted by Gasteiger charge is -2.31. The van der Waals surface area contributed by atoms with Crippen LogP contribution in [0.25, 0.3) is 11.3 Å². The second-order valence-corrected chi connectivity index (χ2v) is 9.65. The van der Waals surface area contributed by atoms with Gasteiger partial charge in [0.05, 0.1) is 6.26 Å². The summed E-state index contributed by atoms with van der Waals surface area (Å²) in [6.45, 7) is 7.85. The van der Waals surface area contributed by atoms with Crippen LogP contribution in [-0.4, -0.2) is 17.3 Å². The van der Waals surface area contributed by atoms with E-state index in [4.69, 9.17) is 4.42 Å². The molecule has 0 bridgehead atoms. The van der Waals surface area contributed by atoms with Crippen LogP contribution in [0, 0.1) is 5.92 Å². The molecule has 3 rings (SSSR count). The van der Waals surface area contributed by atoms with Crippen LogP contribution in [0.3, 0.4) is 0 Å². The predicted octanol–water partition coefficient (Wildman–Crippen LogP) is 5.95. The molecule has 25 heavy (non-hydrogen) atoms. The Kier molecular flexibility index (Phi) is 6.13. The molecule has 0 unspecified atom stereocenters. The second kappa shape index (κ2) is 8.33. The van der Waals surface area contributed by atoms with Gasteiger partial charge in [0.15, 0.2) is 0 Å². The zero-order chi connectivity index (χ0) is 17.7. The summed E-state index contributed by atoms with van der Waals surface area (Å²) in [6.07, 6.45) is 6.89. The van der Waals surface area contributed by atoms with Crippen molar-refractivity contribution in [3.05, 3.63) is 42.7 Å². The highest BCUT2D eigenvalue weighted by atomic mass is 32.2. The van der Waals surface area contributed by atoms with Gasteiger partial charge in [-0.05, 0) is 88.8 Å². The van der Waals surface area contributed by atoms with Gasteiger partial charge in [-0.2, -0.15) is 0 Å². The van der Waals surface area contributed by atoms with Gasteiger partial charge in [0.25, 0.3) is 0 Å². The molecule has 1 aromatic carbocycles. The number of rotatable bonds is 6. The number of anilines is 1. The Morgan fingerprint density at radius 1 is 1.04 bits per heavy atom. The Hall–Kier alpha value is -1.39. The number of hydrogen-bond acceptors (Lipinski definition) is 4. The summed E-state index contributed by atoms with van der Waals surface area (Å²) >= 11 is 1.88. The van der Waals surface area contributed by atoms with Gasteiger partial charge in [-0.1, -0.05) is 11.9 Å². The van der Waals surface area contributed by atoms with E-state index in [0.29, 0.717) is 10.8 Å². The number of benzene rings is 1. The average Bonchev–Trinajstić information content (AvgIpc) is 3.13. The van der Waals surface area contributed by atoms with E-state index in [-0.39, 0.29) is 0 Å². The van der Waals surface area contributed by atoms with Crippen molar-refractivity contribution in [2.24, 2.45) is 5.92 Å². The number of nitrogens with one attached hydrogen (secondary N) is 2. The maximum atomic E-state index is 5.44. The minimum atomic E-state index is 0.292. The fourth-order valence-electron chi connectivity index (χ4n) is 3.20. The van der Waals surface area contributed by atoms with Crippen LogP contribution in [0.4, 0.5) is 5.69 Å². The largest absolute Gasteiger partial charge is 0.464 e. The fraction of sp³-hybridized carbons (Fsp3) is 0.524. The van der Waals surface area contributed by atoms with E-state index < -0.39 is 0 Å². The van der Waals surface area contributed by atoms with E-state index in [1.807, 2.05) is 24.1 Å². The SMILES string of the molecule is CC(C)(C)SN[C@H]1CC[C@H](CNc2ccc(-c3ccco3)cc2)CC1. The Balaban J connectivity index is 1.40. The molecule has 4 heteroatoms. The zero-order valence-electron chi connectivity index (χ0n) is 15.5. The van der Waals surface area contributed by atoms with Crippen LogP contribution < -0.4 is 10.0 Å². The van der Waals surface area contributed by atoms with E-state index in [0.717, 1.165) is 23.8 Å². The van der Waals surface area contributed by atoms with Crippen molar-refractivity contribution in [3.63, 3.8) is 0 Å². The van der Waals surface area contributed by atoms with Gasteiger partial charge in [-0.15, -0.1) is 0 Å². The summed E-state index contributed by atoms with van der Waals surface area (Å²) in [7, 11) is 0. The molecule has 0 atom stereocenters. The molecule has 136 valence electrons. The summed E-state index contributed by atoms with van der Waals surface area (Å²) in [5.41, 5.74) is 2.32. The van der Waals surface area contributed by atoms with Gasteiger partial charge < -0.3 is 9.73 Å². The smallest absolute Gasteiger partial charge is 0.133 e. The molecule has 0 spiro atoms. The molecule has 0 aliphatic heterocycles. The summed E-state index contributed by atoms with van der Waals surface area (Å²) in [5, 5.41) is 3.60. The Morgan fingerprint density at radius 2 is 1.76 bits per heavy atom. The molecule has 0 amide bonds. The van der Waals surface area contributed by atoms with Crippen molar-refractivity contribution in [1.82, 2.24) is 4.72 Å². The first kappa shape index (κ1) is 18.4. The van der Waals surface area contributed by atoms with Crippen LogP contribution in [-0.2, 0) is 0 Å². The van der Waals surface area contributed by atoms with Gasteiger partial charge in [0, 0.05) is 28.6 Å². The highest BCUT2D eigenvalue weighted by molar-refractivity contribution is 7.98. The third-order valence-corrected chi connectivity index (χ3v) is 5.73. The molecule has 1 aliphatic rings. The first-order chi connectivity index (χ1) is 12.0. The maximum absolute atomic E-state index is 5.44. The van der Waals surface area contributed by atoms with Crippen LogP contribution in [0.2, 0.25) is 0 Å². The molecule has 1 heterocycles. The highest BCUT2D eigenvalue weighted by Gasteiger charge is 2.22. The van der Waals surface area contributed by atoms with Gasteiger partial charge in [0.1, 0.15) is 5.76 Å². The predicted molar refractivity (Wildman–Crippen MR) is 109 cm³/mol. The maximum Gasteiger partial charge on any atom is 0.133 e. The number of hydrogen-bond donors (Lipinski definition) is 2. The monoisotopic (exact) mass is 358 g/mol. The molecule has 1 saturated carbocycles. The lowest BCUT2D eigenvalue weighted by atomic mass is 9.86. The lowest BCUT2D eigenvalue weighted by molar-refractivity contribution is 0.328. The molecule has 1 aliphatic carbocycles. The average molecular weight is 359 g/mol. The van der Waals surface area contributed by atoms with Crippen molar-refractivity contribution in [2.45, 2.75) is 57.2 Å². The van der Waals surface area contributed by atoms with Crippen molar-refractivity contribution in [3.8, 4) is 11.3 Å². The molecular formula is C21H30N2OS. The van der Waals surface area contributed by atoms with Gasteiger partial charge in [-0.3, -0.25) is 4.72 Å². The van der Waals surface area contributed by atoms with Gasteiger partial charge in [0.2, 0.25) is 0 Å². The minimum Gasteiger partial charge on any atom is -0.464 e. The normalized spacial score (nSPS) is 21.2.